The number of hydrogen-bond donors (Lipinski definition) is 0. The number of halogens is 2. The minimum atomic E-state index is -0.271. The summed E-state index contributed by atoms with van der Waals surface area (Å²) in [5, 5.41) is 5.23. The Morgan fingerprint density at radius 1 is 1.03 bits per heavy atom. The first kappa shape index (κ1) is 19.8. The van der Waals surface area contributed by atoms with Crippen molar-refractivity contribution in [2.45, 2.75) is 6.61 Å². The second kappa shape index (κ2) is 8.19. The third-order valence-corrected chi connectivity index (χ3v) is 6.04. The molecule has 0 N–H and O–H groups in total. The Balaban J connectivity index is 1.42. The second-order valence-electron chi connectivity index (χ2n) is 6.54. The lowest BCUT2D eigenvalue weighted by atomic mass is 10.2. The molecule has 2 aromatic carbocycles. The van der Waals surface area contributed by atoms with Crippen LogP contribution in [0.4, 0.5) is 0 Å². The first-order valence-electron chi connectivity index (χ1n) is 9.21. The van der Waals surface area contributed by atoms with Crippen LogP contribution in [0.15, 0.2) is 69.9 Å². The molecule has 0 atom stereocenters. The van der Waals surface area contributed by atoms with Gasteiger partial charge in [-0.2, -0.15) is 9.50 Å². The molecule has 154 valence electrons. The standard InChI is InChI=1S/C22H13Cl2N3O3S/c23-15-7-4-8-16(24)20(15)17-10-9-14(30-17)11-18-21(28)27-22(31-18)25-19(26-27)12-29-13-5-2-1-3-6-13/h1-11H,12H2/b18-11-. The average molecular weight is 470 g/mol. The Bertz CT molecular complexity index is 1470. The molecule has 3 heterocycles. The molecule has 6 nitrogen and oxygen atoms in total. The van der Waals surface area contributed by atoms with E-state index in [9.17, 15) is 4.79 Å². The van der Waals surface area contributed by atoms with E-state index < -0.39 is 0 Å². The lowest BCUT2D eigenvalue weighted by molar-refractivity contribution is 0.296. The van der Waals surface area contributed by atoms with E-state index in [0.29, 0.717) is 48.2 Å². The molecule has 0 fully saturated rings. The van der Waals surface area contributed by atoms with Crippen molar-refractivity contribution in [2.75, 3.05) is 0 Å². The van der Waals surface area contributed by atoms with Gasteiger partial charge in [0.2, 0.25) is 4.96 Å². The fraction of sp³-hybridized carbons (Fsp3) is 0.0455. The number of furan rings is 1. The van der Waals surface area contributed by atoms with Gasteiger partial charge in [0.25, 0.3) is 5.56 Å². The summed E-state index contributed by atoms with van der Waals surface area (Å²) in [4.78, 5) is 17.6. The molecule has 31 heavy (non-hydrogen) atoms. The van der Waals surface area contributed by atoms with E-state index in [2.05, 4.69) is 10.1 Å². The summed E-state index contributed by atoms with van der Waals surface area (Å²) >= 11 is 13.7. The number of benzene rings is 2. The zero-order valence-electron chi connectivity index (χ0n) is 15.8. The fourth-order valence-corrected chi connectivity index (χ4v) is 4.52. The Labute approximate surface area is 189 Å². The van der Waals surface area contributed by atoms with Crippen molar-refractivity contribution >= 4 is 45.6 Å². The van der Waals surface area contributed by atoms with Crippen LogP contribution in [0.25, 0.3) is 22.4 Å². The van der Waals surface area contributed by atoms with E-state index in [-0.39, 0.29) is 12.2 Å². The molecule has 0 radical (unpaired) electrons. The molecule has 0 saturated carbocycles. The zero-order valence-corrected chi connectivity index (χ0v) is 18.1. The molecular weight excluding hydrogens is 457 g/mol. The van der Waals surface area contributed by atoms with Crippen LogP contribution in [0.3, 0.4) is 0 Å². The molecular formula is C22H13Cl2N3O3S. The van der Waals surface area contributed by atoms with Crippen molar-refractivity contribution in [1.29, 1.82) is 0 Å². The summed E-state index contributed by atoms with van der Waals surface area (Å²) in [5.74, 6) is 2.17. The summed E-state index contributed by atoms with van der Waals surface area (Å²) in [6.07, 6.45) is 1.65. The van der Waals surface area contributed by atoms with Gasteiger partial charge in [-0.3, -0.25) is 4.79 Å². The van der Waals surface area contributed by atoms with Crippen LogP contribution < -0.4 is 14.8 Å². The maximum absolute atomic E-state index is 12.7. The van der Waals surface area contributed by atoms with Crippen molar-refractivity contribution in [3.05, 3.63) is 97.2 Å². The SMILES string of the molecule is O=c1/c(=C/c2ccc(-c3c(Cl)cccc3Cl)o2)sc2nc(COc3ccccc3)nn12. The van der Waals surface area contributed by atoms with Gasteiger partial charge in [-0.15, -0.1) is 5.10 Å². The van der Waals surface area contributed by atoms with Crippen molar-refractivity contribution in [1.82, 2.24) is 14.6 Å². The molecule has 9 heteroatoms. The summed E-state index contributed by atoms with van der Waals surface area (Å²) in [6, 6.07) is 18.1. The fourth-order valence-electron chi connectivity index (χ4n) is 3.03. The quantitative estimate of drug-likeness (QED) is 0.368. The first-order chi connectivity index (χ1) is 15.1. The second-order valence-corrected chi connectivity index (χ2v) is 8.36. The highest BCUT2D eigenvalue weighted by atomic mass is 35.5. The van der Waals surface area contributed by atoms with Gasteiger partial charge in [-0.1, -0.05) is 58.8 Å². The molecule has 0 amide bonds. The third kappa shape index (κ3) is 3.95. The molecule has 0 aliphatic heterocycles. The molecule has 0 bridgehead atoms. The Morgan fingerprint density at radius 3 is 2.55 bits per heavy atom. The summed E-state index contributed by atoms with van der Waals surface area (Å²) in [6.45, 7) is 0.178. The van der Waals surface area contributed by atoms with E-state index >= 15 is 0 Å². The van der Waals surface area contributed by atoms with Crippen LogP contribution in [-0.4, -0.2) is 14.6 Å². The minimum absolute atomic E-state index is 0.178. The molecule has 0 aliphatic rings. The molecule has 5 aromatic rings. The lowest BCUT2D eigenvalue weighted by Crippen LogP contribution is -2.23. The van der Waals surface area contributed by atoms with Crippen molar-refractivity contribution in [2.24, 2.45) is 0 Å². The largest absolute Gasteiger partial charge is 0.486 e. The monoisotopic (exact) mass is 469 g/mol. The summed E-state index contributed by atoms with van der Waals surface area (Å²) in [7, 11) is 0. The average Bonchev–Trinajstić information content (AvgIpc) is 3.45. The summed E-state index contributed by atoms with van der Waals surface area (Å²) < 4.78 is 13.2. The van der Waals surface area contributed by atoms with Crippen molar-refractivity contribution in [3.8, 4) is 17.1 Å². The highest BCUT2D eigenvalue weighted by Gasteiger charge is 2.14. The van der Waals surface area contributed by atoms with Gasteiger partial charge < -0.3 is 9.15 Å². The van der Waals surface area contributed by atoms with Gasteiger partial charge in [0, 0.05) is 6.08 Å². The topological polar surface area (TPSA) is 69.6 Å². The van der Waals surface area contributed by atoms with Crippen LogP contribution in [0.2, 0.25) is 10.0 Å². The smallest absolute Gasteiger partial charge is 0.291 e. The van der Waals surface area contributed by atoms with Crippen LogP contribution >= 0.6 is 34.5 Å². The number of para-hydroxylation sites is 1. The lowest BCUT2D eigenvalue weighted by Gasteiger charge is -2.02. The van der Waals surface area contributed by atoms with Gasteiger partial charge in [-0.25, -0.2) is 0 Å². The highest BCUT2D eigenvalue weighted by Crippen LogP contribution is 2.35. The number of hydrogen-bond acceptors (Lipinski definition) is 6. The normalized spacial score (nSPS) is 12.0. The van der Waals surface area contributed by atoms with Crippen LogP contribution in [0.5, 0.6) is 5.75 Å². The van der Waals surface area contributed by atoms with E-state index in [1.54, 1.807) is 36.4 Å². The van der Waals surface area contributed by atoms with E-state index in [1.807, 2.05) is 30.3 Å². The van der Waals surface area contributed by atoms with E-state index in [0.717, 1.165) is 0 Å². The van der Waals surface area contributed by atoms with Gasteiger partial charge in [0.05, 0.1) is 15.6 Å². The van der Waals surface area contributed by atoms with Crippen molar-refractivity contribution < 1.29 is 9.15 Å². The number of fused-ring (bicyclic) bond motifs is 1. The number of thiazole rings is 1. The third-order valence-electron chi connectivity index (χ3n) is 4.45. The zero-order chi connectivity index (χ0) is 21.4. The van der Waals surface area contributed by atoms with Gasteiger partial charge >= 0.3 is 0 Å². The maximum atomic E-state index is 12.7. The Kier molecular flexibility index (Phi) is 5.23. The van der Waals surface area contributed by atoms with Crippen LogP contribution in [0.1, 0.15) is 11.6 Å². The minimum Gasteiger partial charge on any atom is -0.486 e. The number of rotatable bonds is 5. The first-order valence-corrected chi connectivity index (χ1v) is 10.8. The van der Waals surface area contributed by atoms with Gasteiger partial charge in [0.1, 0.15) is 28.4 Å². The summed E-state index contributed by atoms with van der Waals surface area (Å²) in [5.41, 5.74) is 0.339. The molecule has 0 spiro atoms. The molecule has 5 rings (SSSR count). The predicted molar refractivity (Wildman–Crippen MR) is 121 cm³/mol. The van der Waals surface area contributed by atoms with Gasteiger partial charge in [0.15, 0.2) is 5.82 Å². The molecule has 3 aromatic heterocycles. The molecule has 0 saturated heterocycles. The highest BCUT2D eigenvalue weighted by molar-refractivity contribution is 7.15. The van der Waals surface area contributed by atoms with Crippen LogP contribution in [0, 0.1) is 0 Å². The van der Waals surface area contributed by atoms with E-state index in [4.69, 9.17) is 32.4 Å². The van der Waals surface area contributed by atoms with Gasteiger partial charge in [-0.05, 0) is 36.4 Å². The Morgan fingerprint density at radius 2 is 1.81 bits per heavy atom. The molecule has 0 unspecified atom stereocenters. The maximum Gasteiger partial charge on any atom is 0.291 e. The van der Waals surface area contributed by atoms with Crippen molar-refractivity contribution in [3.63, 3.8) is 0 Å². The molecule has 0 aliphatic carbocycles. The van der Waals surface area contributed by atoms with Crippen LogP contribution in [-0.2, 0) is 6.61 Å². The number of ether oxygens (including phenoxy) is 1. The number of nitrogens with zero attached hydrogens (tertiary/aromatic N) is 3. The number of aromatic nitrogens is 3. The Hall–Kier alpha value is -3.13. The van der Waals surface area contributed by atoms with E-state index in [1.165, 1.54) is 15.9 Å². The predicted octanol–water partition coefficient (Wildman–Crippen LogP) is 4.84.